The molecule has 1 saturated heterocycles. The van der Waals surface area contributed by atoms with Crippen LogP contribution in [0.15, 0.2) is 24.8 Å². The maximum Gasteiger partial charge on any atom is 0.481 e. The Balaban J connectivity index is 1.44. The lowest BCUT2D eigenvalue weighted by Crippen LogP contribution is -2.46. The Labute approximate surface area is 339 Å². The molecule has 330 valence electrons. The van der Waals surface area contributed by atoms with Crippen LogP contribution in [-0.4, -0.2) is 135 Å². The maximum atomic E-state index is 12.7. The molecule has 26 nitrogen and oxygen atoms in total. The second-order valence-corrected chi connectivity index (χ2v) is 18.5. The van der Waals surface area contributed by atoms with E-state index in [1.165, 1.54) is 26.0 Å². The molecule has 30 heteroatoms. The summed E-state index contributed by atoms with van der Waals surface area (Å²) in [4.78, 5) is 110. The third-order valence-corrected chi connectivity index (χ3v) is 11.8. The van der Waals surface area contributed by atoms with Gasteiger partial charge in [0.1, 0.15) is 48.3 Å². The number of aldehydes is 1. The molecule has 0 aliphatic carbocycles. The summed E-state index contributed by atoms with van der Waals surface area (Å²) >= 11 is 0.841. The van der Waals surface area contributed by atoms with Crippen LogP contribution in [0, 0.1) is 5.41 Å². The minimum atomic E-state index is -5.59. The van der Waals surface area contributed by atoms with E-state index in [0.29, 0.717) is 6.29 Å². The van der Waals surface area contributed by atoms with Gasteiger partial charge in [0, 0.05) is 43.5 Å². The number of nitrogens with one attached hydrogen (secondary N) is 2. The van der Waals surface area contributed by atoms with E-state index >= 15 is 0 Å². The van der Waals surface area contributed by atoms with Crippen LogP contribution >= 0.6 is 35.2 Å². The quantitative estimate of drug-likeness (QED) is 0.0193. The number of Topliss-reactive ketones (excluding diaryl/α,β-unsaturated/α-hetero) is 1. The average molecular weight is 920 g/mol. The number of rotatable bonds is 25. The van der Waals surface area contributed by atoms with E-state index in [9.17, 15) is 67.5 Å². The number of imidazole rings is 1. The highest BCUT2D eigenvalue weighted by molar-refractivity contribution is 8.13. The predicted octanol–water partition coefficient (Wildman–Crippen LogP) is -0.841. The fraction of sp³-hybridized carbons (Fsp3) is 0.586. The van der Waals surface area contributed by atoms with Crippen LogP contribution in [0.25, 0.3) is 11.2 Å². The molecule has 7 atom stereocenters. The van der Waals surface area contributed by atoms with E-state index in [1.807, 2.05) is 0 Å². The summed E-state index contributed by atoms with van der Waals surface area (Å²) in [5.41, 5.74) is 4.20. The lowest BCUT2D eigenvalue weighted by atomic mass is 9.87. The fourth-order valence-corrected chi connectivity index (χ4v) is 8.47. The number of thioether (sulfide) groups is 1. The number of hydrogen-bond donors (Lipinski definition) is 9. The number of anilines is 1. The molecule has 10 N–H and O–H groups in total. The van der Waals surface area contributed by atoms with Crippen molar-refractivity contribution in [3.05, 3.63) is 24.8 Å². The van der Waals surface area contributed by atoms with Gasteiger partial charge in [-0.2, -0.15) is 4.31 Å². The second-order valence-electron chi connectivity index (χ2n) is 13.1. The van der Waals surface area contributed by atoms with Gasteiger partial charge in [0.05, 0.1) is 26.0 Å². The molecular weight excluding hydrogens is 875 g/mol. The smallest absolute Gasteiger partial charge is 0.386 e. The van der Waals surface area contributed by atoms with Gasteiger partial charge in [-0.1, -0.05) is 37.8 Å². The number of fused-ring (bicyclic) bond motifs is 1. The Hall–Kier alpha value is -3.36. The van der Waals surface area contributed by atoms with Crippen molar-refractivity contribution in [1.29, 1.82) is 0 Å². The summed E-state index contributed by atoms with van der Waals surface area (Å²) in [5.74, 6) is -1.76. The molecule has 2 unspecified atom stereocenters. The van der Waals surface area contributed by atoms with E-state index in [0.717, 1.165) is 29.0 Å². The normalized spacial score (nSPS) is 21.2. The number of aromatic nitrogens is 4. The largest absolute Gasteiger partial charge is 0.481 e. The number of carbonyl (C=O) groups excluding carboxylic acids is 5. The number of aliphatic hydroxyl groups is 2. The monoisotopic (exact) mass is 919 g/mol. The maximum absolute atomic E-state index is 12.7. The van der Waals surface area contributed by atoms with Crippen molar-refractivity contribution in [2.75, 3.05) is 37.8 Å². The molecule has 3 heterocycles. The first kappa shape index (κ1) is 50.0. The van der Waals surface area contributed by atoms with Gasteiger partial charge in [0.25, 0.3) is 0 Å². The number of ether oxygens (including phenoxy) is 1. The zero-order chi connectivity index (χ0) is 44.2. The molecule has 3 rings (SSSR count). The van der Waals surface area contributed by atoms with Crippen LogP contribution in [0.4, 0.5) is 5.82 Å². The number of aliphatic hydroxyl groups excluding tert-OH is 2. The minimum Gasteiger partial charge on any atom is -0.386 e. The standard InChI is InChI=1S/C29H44N7O19P3S/c1-29(2,24(42)27(43)32-8-7-19(39)31-9-11-59-20(40)12-17(38)6-4-3-5-10-37)14-52-58(49,50)55-57(47,48)51-13-18-23(54-56(44,45)46)22(41)28(53-18)36-16-35-21-25(30)33-15-34-26(21)36/h3-4,10,15-16,18,22-24,28,41-42H,5-9,11-14H2,1-2H3,(H,31,39)(H,32,43)(H,47,48)(H,49,50)(H2,30,33,34)(H2,44,45,46)/t18-,22-,23-,24+,28-/m1/s1. The van der Waals surface area contributed by atoms with Crippen molar-refractivity contribution >= 4 is 81.2 Å². The van der Waals surface area contributed by atoms with E-state index < -0.39 is 89.7 Å². The number of phosphoric ester groups is 3. The number of hydrogen-bond acceptors (Lipinski definition) is 20. The Kier molecular flexibility index (Phi) is 18.6. The highest BCUT2D eigenvalue weighted by atomic mass is 32.2. The predicted molar refractivity (Wildman–Crippen MR) is 201 cm³/mol. The number of nitrogens with two attached hydrogens (primary N) is 1. The van der Waals surface area contributed by atoms with Gasteiger partial charge in [-0.25, -0.2) is 28.6 Å². The van der Waals surface area contributed by atoms with E-state index in [-0.39, 0.29) is 67.3 Å². The summed E-state index contributed by atoms with van der Waals surface area (Å²) < 4.78 is 62.0. The number of allylic oxidation sites excluding steroid dienone is 2. The number of ketones is 1. The van der Waals surface area contributed by atoms with E-state index in [1.54, 1.807) is 0 Å². The Bertz CT molecular complexity index is 2000. The molecule has 59 heavy (non-hydrogen) atoms. The Morgan fingerprint density at radius 3 is 2.42 bits per heavy atom. The Morgan fingerprint density at radius 2 is 1.75 bits per heavy atom. The third kappa shape index (κ3) is 16.2. The SMILES string of the molecule is CC(C)(COP(=O)(O)OP(=O)(O)OC[C@H]1O[C@@H](n2cnc3c(N)ncnc32)[C@H](O)[C@@H]1OP(=O)(O)O)[C@@H](O)C(=O)NCCC(=O)NCCSC(=O)CC(=O)CC=CCC=O. The van der Waals surface area contributed by atoms with E-state index in [4.69, 9.17) is 19.5 Å². The van der Waals surface area contributed by atoms with Crippen LogP contribution in [0.5, 0.6) is 0 Å². The number of phosphoric acid groups is 3. The molecule has 1 aliphatic heterocycles. The summed E-state index contributed by atoms with van der Waals surface area (Å²) in [6.07, 6.45) is -3.57. The van der Waals surface area contributed by atoms with Crippen LogP contribution in [0.2, 0.25) is 0 Å². The fourth-order valence-electron chi connectivity index (χ4n) is 4.95. The average Bonchev–Trinajstić information content (AvgIpc) is 3.70. The van der Waals surface area contributed by atoms with Crippen LogP contribution < -0.4 is 16.4 Å². The third-order valence-electron chi connectivity index (χ3n) is 7.85. The molecule has 0 spiro atoms. The molecule has 1 aliphatic rings. The summed E-state index contributed by atoms with van der Waals surface area (Å²) in [6, 6.07) is 0. The van der Waals surface area contributed by atoms with Crippen LogP contribution in [-0.2, 0) is 60.3 Å². The topological polar surface area (TPSA) is 398 Å². The lowest BCUT2D eigenvalue weighted by molar-refractivity contribution is -0.137. The van der Waals surface area contributed by atoms with Gasteiger partial charge < -0.3 is 55.7 Å². The molecule has 2 aromatic rings. The molecule has 0 radical (unpaired) electrons. The highest BCUT2D eigenvalue weighted by Crippen LogP contribution is 2.61. The first-order valence-electron chi connectivity index (χ1n) is 17.1. The summed E-state index contributed by atoms with van der Waals surface area (Å²) in [6.45, 7) is 0.190. The van der Waals surface area contributed by atoms with Gasteiger partial charge in [0.2, 0.25) is 11.8 Å². The molecule has 2 aromatic heterocycles. The molecular formula is C29H44N7O19P3S. The number of nitrogen functional groups attached to an aromatic ring is 1. The molecule has 0 aromatic carbocycles. The van der Waals surface area contributed by atoms with Gasteiger partial charge in [-0.15, -0.1) is 0 Å². The zero-order valence-electron chi connectivity index (χ0n) is 31.2. The summed E-state index contributed by atoms with van der Waals surface area (Å²) in [7, 11) is -16.5. The first-order valence-corrected chi connectivity index (χ1v) is 22.6. The van der Waals surface area contributed by atoms with Crippen molar-refractivity contribution in [3.8, 4) is 0 Å². The minimum absolute atomic E-state index is 0.0140. The van der Waals surface area contributed by atoms with Crippen molar-refractivity contribution in [2.24, 2.45) is 5.41 Å². The van der Waals surface area contributed by atoms with Gasteiger partial charge >= 0.3 is 23.5 Å². The van der Waals surface area contributed by atoms with E-state index in [2.05, 4.69) is 34.4 Å². The van der Waals surface area contributed by atoms with Gasteiger partial charge in [-0.3, -0.25) is 37.3 Å². The molecule has 2 amide bonds. The van der Waals surface area contributed by atoms with Crippen molar-refractivity contribution < 1.29 is 90.1 Å². The number of nitrogens with zero attached hydrogens (tertiary/aromatic N) is 4. The van der Waals surface area contributed by atoms with Crippen LogP contribution in [0.3, 0.4) is 0 Å². The van der Waals surface area contributed by atoms with Crippen molar-refractivity contribution in [3.63, 3.8) is 0 Å². The van der Waals surface area contributed by atoms with Gasteiger partial charge in [0.15, 0.2) is 22.8 Å². The zero-order valence-corrected chi connectivity index (χ0v) is 34.7. The number of carbonyl (C=O) groups is 5. The lowest BCUT2D eigenvalue weighted by Gasteiger charge is -2.30. The van der Waals surface area contributed by atoms with Crippen molar-refractivity contribution in [1.82, 2.24) is 30.2 Å². The number of amides is 2. The molecule has 0 bridgehead atoms. The van der Waals surface area contributed by atoms with Gasteiger partial charge in [-0.05, 0) is 0 Å². The highest BCUT2D eigenvalue weighted by Gasteiger charge is 2.50. The van der Waals surface area contributed by atoms with Crippen LogP contribution in [0.1, 0.15) is 45.8 Å². The molecule has 0 saturated carbocycles. The summed E-state index contributed by atoms with van der Waals surface area (Å²) in [5, 5.41) is 25.8. The molecule has 1 fully saturated rings. The first-order chi connectivity index (χ1) is 27.4. The van der Waals surface area contributed by atoms with Crippen molar-refractivity contribution in [2.45, 2.75) is 70.2 Å². The Morgan fingerprint density at radius 1 is 1.05 bits per heavy atom. The second kappa shape index (κ2) is 21.9.